The second kappa shape index (κ2) is 3.61. The first-order chi connectivity index (χ1) is 6.24. The van der Waals surface area contributed by atoms with Crippen molar-refractivity contribution in [3.8, 4) is 0 Å². The Morgan fingerprint density at radius 2 is 1.85 bits per heavy atom. The van der Waals surface area contributed by atoms with Crippen molar-refractivity contribution < 1.29 is 0 Å². The van der Waals surface area contributed by atoms with Crippen LogP contribution in [-0.4, -0.2) is 13.6 Å². The summed E-state index contributed by atoms with van der Waals surface area (Å²) in [7, 11) is 2.08. The van der Waals surface area contributed by atoms with Crippen molar-refractivity contribution in [1.82, 2.24) is 5.32 Å². The van der Waals surface area contributed by atoms with Crippen molar-refractivity contribution in [2.45, 2.75) is 45.4 Å². The molecule has 0 aromatic heterocycles. The van der Waals surface area contributed by atoms with Crippen molar-refractivity contribution >= 4 is 0 Å². The fourth-order valence-corrected chi connectivity index (χ4v) is 3.61. The van der Waals surface area contributed by atoms with Crippen LogP contribution in [-0.2, 0) is 0 Å². The Morgan fingerprint density at radius 1 is 1.23 bits per heavy atom. The Bertz CT molecular complexity index is 160. The van der Waals surface area contributed by atoms with Crippen molar-refractivity contribution in [1.29, 1.82) is 0 Å². The van der Waals surface area contributed by atoms with E-state index >= 15 is 0 Å². The van der Waals surface area contributed by atoms with Gasteiger partial charge in [-0.15, -0.1) is 0 Å². The first-order valence-corrected chi connectivity index (χ1v) is 5.89. The molecular weight excluding hydrogens is 158 g/mol. The van der Waals surface area contributed by atoms with Crippen LogP contribution in [0.2, 0.25) is 0 Å². The third-order valence-corrected chi connectivity index (χ3v) is 4.22. The fourth-order valence-electron chi connectivity index (χ4n) is 3.61. The van der Waals surface area contributed by atoms with Crippen molar-refractivity contribution in [2.24, 2.45) is 17.3 Å². The molecule has 2 saturated carbocycles. The van der Waals surface area contributed by atoms with E-state index in [4.69, 9.17) is 0 Å². The lowest BCUT2D eigenvalue weighted by Gasteiger charge is -2.51. The van der Waals surface area contributed by atoms with Crippen LogP contribution in [0.1, 0.15) is 45.4 Å². The molecule has 0 aliphatic heterocycles. The molecule has 2 aliphatic rings. The molecule has 0 amide bonds. The highest BCUT2D eigenvalue weighted by Gasteiger charge is 2.43. The lowest BCUT2D eigenvalue weighted by Crippen LogP contribution is -2.40. The van der Waals surface area contributed by atoms with Gasteiger partial charge < -0.3 is 5.32 Å². The van der Waals surface area contributed by atoms with Gasteiger partial charge in [-0.1, -0.05) is 6.92 Å². The molecule has 1 spiro atoms. The first-order valence-electron chi connectivity index (χ1n) is 5.89. The topological polar surface area (TPSA) is 12.0 Å². The van der Waals surface area contributed by atoms with Crippen LogP contribution in [0.15, 0.2) is 0 Å². The van der Waals surface area contributed by atoms with Crippen molar-refractivity contribution in [2.75, 3.05) is 13.6 Å². The minimum atomic E-state index is 0.823. The molecule has 1 N–H and O–H groups in total. The van der Waals surface area contributed by atoms with E-state index in [-0.39, 0.29) is 0 Å². The van der Waals surface area contributed by atoms with Gasteiger partial charge in [-0.3, -0.25) is 0 Å². The summed E-state index contributed by atoms with van der Waals surface area (Å²) in [5.74, 6) is 2.01. The number of rotatable bonds is 2. The second-order valence-corrected chi connectivity index (χ2v) is 5.51. The molecule has 1 heteroatoms. The molecule has 1 nitrogen and oxygen atoms in total. The SMILES string of the molecule is CNCC1CCC2(CC1)CC(C)C2. The maximum atomic E-state index is 3.31. The van der Waals surface area contributed by atoms with Crippen LogP contribution >= 0.6 is 0 Å². The maximum Gasteiger partial charge on any atom is -0.00235 e. The summed E-state index contributed by atoms with van der Waals surface area (Å²) in [4.78, 5) is 0. The van der Waals surface area contributed by atoms with E-state index in [1.807, 2.05) is 0 Å². The summed E-state index contributed by atoms with van der Waals surface area (Å²) in [5, 5.41) is 3.31. The van der Waals surface area contributed by atoms with Crippen LogP contribution < -0.4 is 5.32 Å². The van der Waals surface area contributed by atoms with Crippen LogP contribution in [0.3, 0.4) is 0 Å². The lowest BCUT2D eigenvalue weighted by molar-refractivity contribution is 0.00903. The molecule has 0 saturated heterocycles. The molecule has 2 rings (SSSR count). The number of hydrogen-bond donors (Lipinski definition) is 1. The maximum absolute atomic E-state index is 3.31. The standard InChI is InChI=1S/C12H23N/c1-10-7-12(8-10)5-3-11(4-6-12)9-13-2/h10-11,13H,3-9H2,1-2H3. The molecule has 0 heterocycles. The van der Waals surface area contributed by atoms with Crippen LogP contribution in [0.4, 0.5) is 0 Å². The highest BCUT2D eigenvalue weighted by Crippen LogP contribution is 2.55. The molecule has 2 fully saturated rings. The smallest absolute Gasteiger partial charge is 0.00235 e. The largest absolute Gasteiger partial charge is 0.319 e. The van der Waals surface area contributed by atoms with E-state index in [2.05, 4.69) is 19.3 Å². The first kappa shape index (κ1) is 9.51. The Labute approximate surface area is 82.3 Å². The Kier molecular flexibility index (Phi) is 2.64. The predicted octanol–water partition coefficient (Wildman–Crippen LogP) is 2.81. The summed E-state index contributed by atoms with van der Waals surface area (Å²) in [6.45, 7) is 3.65. The molecule has 2 aliphatic carbocycles. The van der Waals surface area contributed by atoms with Gasteiger partial charge in [0.2, 0.25) is 0 Å². The van der Waals surface area contributed by atoms with Gasteiger partial charge in [-0.25, -0.2) is 0 Å². The van der Waals surface area contributed by atoms with Gasteiger partial charge in [0, 0.05) is 0 Å². The van der Waals surface area contributed by atoms with Gasteiger partial charge in [-0.2, -0.15) is 0 Å². The normalized spacial score (nSPS) is 44.8. The molecular formula is C12H23N. The molecule has 76 valence electrons. The van der Waals surface area contributed by atoms with Gasteiger partial charge in [0.1, 0.15) is 0 Å². The van der Waals surface area contributed by atoms with Crippen LogP contribution in [0, 0.1) is 17.3 Å². The highest BCUT2D eigenvalue weighted by molar-refractivity contribution is 4.95. The van der Waals surface area contributed by atoms with E-state index < -0.39 is 0 Å². The molecule has 13 heavy (non-hydrogen) atoms. The number of hydrogen-bond acceptors (Lipinski definition) is 1. The summed E-state index contributed by atoms with van der Waals surface area (Å²) < 4.78 is 0. The van der Waals surface area contributed by atoms with Gasteiger partial charge in [0.05, 0.1) is 0 Å². The van der Waals surface area contributed by atoms with Gasteiger partial charge in [0.25, 0.3) is 0 Å². The molecule has 0 radical (unpaired) electrons. The zero-order chi connectivity index (χ0) is 9.31. The fraction of sp³-hybridized carbons (Fsp3) is 1.00. The Balaban J connectivity index is 1.77. The van der Waals surface area contributed by atoms with Crippen molar-refractivity contribution in [3.63, 3.8) is 0 Å². The number of nitrogens with one attached hydrogen (secondary N) is 1. The molecule has 0 bridgehead atoms. The summed E-state index contributed by atoms with van der Waals surface area (Å²) in [5.41, 5.74) is 0.823. The van der Waals surface area contributed by atoms with E-state index in [1.165, 1.54) is 45.1 Å². The third kappa shape index (κ3) is 1.90. The zero-order valence-electron chi connectivity index (χ0n) is 9.10. The van der Waals surface area contributed by atoms with Crippen LogP contribution in [0.25, 0.3) is 0 Å². The quantitative estimate of drug-likeness (QED) is 0.690. The average molecular weight is 181 g/mol. The Hall–Kier alpha value is -0.0400. The summed E-state index contributed by atoms with van der Waals surface area (Å²) >= 11 is 0. The lowest BCUT2D eigenvalue weighted by atomic mass is 9.55. The minimum Gasteiger partial charge on any atom is -0.319 e. The minimum absolute atomic E-state index is 0.823. The molecule has 0 aromatic carbocycles. The molecule has 0 atom stereocenters. The third-order valence-electron chi connectivity index (χ3n) is 4.22. The van der Waals surface area contributed by atoms with Gasteiger partial charge >= 0.3 is 0 Å². The molecule has 0 aromatic rings. The van der Waals surface area contributed by atoms with E-state index in [0.29, 0.717) is 0 Å². The van der Waals surface area contributed by atoms with E-state index in [0.717, 1.165) is 17.3 Å². The predicted molar refractivity (Wildman–Crippen MR) is 56.7 cm³/mol. The molecule has 0 unspecified atom stereocenters. The second-order valence-electron chi connectivity index (χ2n) is 5.51. The van der Waals surface area contributed by atoms with E-state index in [9.17, 15) is 0 Å². The summed E-state index contributed by atoms with van der Waals surface area (Å²) in [6, 6.07) is 0. The zero-order valence-corrected chi connectivity index (χ0v) is 9.10. The monoisotopic (exact) mass is 181 g/mol. The van der Waals surface area contributed by atoms with Crippen LogP contribution in [0.5, 0.6) is 0 Å². The highest BCUT2D eigenvalue weighted by atomic mass is 14.8. The van der Waals surface area contributed by atoms with Gasteiger partial charge in [-0.05, 0) is 69.4 Å². The summed E-state index contributed by atoms with van der Waals surface area (Å²) in [6.07, 6.45) is 9.05. The average Bonchev–Trinajstić information content (AvgIpc) is 2.07. The Morgan fingerprint density at radius 3 is 2.31 bits per heavy atom. The van der Waals surface area contributed by atoms with E-state index in [1.54, 1.807) is 0 Å². The van der Waals surface area contributed by atoms with Crippen molar-refractivity contribution in [3.05, 3.63) is 0 Å². The van der Waals surface area contributed by atoms with Gasteiger partial charge in [0.15, 0.2) is 0 Å².